The fourth-order valence-electron chi connectivity index (χ4n) is 3.63. The van der Waals surface area contributed by atoms with Crippen molar-refractivity contribution in [3.8, 4) is 0 Å². The Bertz CT molecular complexity index is 845. The molecule has 2 aromatic carbocycles. The Hall–Kier alpha value is -2.70. The van der Waals surface area contributed by atoms with Gasteiger partial charge in [-0.2, -0.15) is 0 Å². The molecule has 0 spiro atoms. The number of morpholine rings is 1. The van der Waals surface area contributed by atoms with Crippen LogP contribution in [0.1, 0.15) is 41.6 Å². The average molecular weight is 410 g/mol. The summed E-state index contributed by atoms with van der Waals surface area (Å²) in [5.74, 6) is -0.236. The topological polar surface area (TPSA) is 70.7 Å². The first-order valence-electron chi connectivity index (χ1n) is 10.5. The predicted octanol–water partition coefficient (Wildman–Crippen LogP) is 2.71. The quantitative estimate of drug-likeness (QED) is 0.703. The summed E-state index contributed by atoms with van der Waals surface area (Å²) in [6.07, 6.45) is 0.203. The Morgan fingerprint density at radius 3 is 2.37 bits per heavy atom. The van der Waals surface area contributed by atoms with E-state index >= 15 is 0 Å². The molecular weight excluding hydrogens is 378 g/mol. The fraction of sp³-hybridized carbons (Fsp3) is 0.417. The molecule has 2 amide bonds. The van der Waals surface area contributed by atoms with Gasteiger partial charge in [-0.1, -0.05) is 54.1 Å². The maximum atomic E-state index is 12.7. The van der Waals surface area contributed by atoms with Crippen molar-refractivity contribution in [1.29, 1.82) is 0 Å². The Kier molecular flexibility index (Phi) is 7.99. The van der Waals surface area contributed by atoms with E-state index in [9.17, 15) is 9.59 Å². The average Bonchev–Trinajstić information content (AvgIpc) is 2.74. The highest BCUT2D eigenvalue weighted by Gasteiger charge is 2.18. The lowest BCUT2D eigenvalue weighted by Gasteiger charge is -2.27. The number of hydrogen-bond acceptors (Lipinski definition) is 4. The first-order chi connectivity index (χ1) is 14.5. The number of nitrogens with one attached hydrogen (secondary N) is 2. The SMILES string of the molecule is CC(=O)NC(CC(=O)NCc1ccccc1CN1CCOCC1)c1ccc(C)cc1. The summed E-state index contributed by atoms with van der Waals surface area (Å²) in [5, 5.41) is 5.92. The number of nitrogens with zero attached hydrogens (tertiary/aromatic N) is 1. The predicted molar refractivity (Wildman–Crippen MR) is 117 cm³/mol. The molecule has 6 heteroatoms. The maximum Gasteiger partial charge on any atom is 0.222 e. The van der Waals surface area contributed by atoms with Crippen LogP contribution >= 0.6 is 0 Å². The lowest BCUT2D eigenvalue weighted by Crippen LogP contribution is -2.36. The van der Waals surface area contributed by atoms with Gasteiger partial charge in [0.2, 0.25) is 11.8 Å². The molecule has 2 aromatic rings. The summed E-state index contributed by atoms with van der Waals surface area (Å²) >= 11 is 0. The van der Waals surface area contributed by atoms with E-state index < -0.39 is 0 Å². The zero-order valence-electron chi connectivity index (χ0n) is 17.8. The monoisotopic (exact) mass is 409 g/mol. The second kappa shape index (κ2) is 10.9. The summed E-state index contributed by atoms with van der Waals surface area (Å²) < 4.78 is 5.43. The number of ether oxygens (including phenoxy) is 1. The van der Waals surface area contributed by atoms with Crippen LogP contribution in [0.25, 0.3) is 0 Å². The van der Waals surface area contributed by atoms with Gasteiger partial charge in [0.15, 0.2) is 0 Å². The smallest absolute Gasteiger partial charge is 0.222 e. The molecule has 0 aliphatic carbocycles. The van der Waals surface area contributed by atoms with Crippen molar-refractivity contribution in [2.24, 2.45) is 0 Å². The number of carbonyl (C=O) groups excluding carboxylic acids is 2. The van der Waals surface area contributed by atoms with Gasteiger partial charge in [0.25, 0.3) is 0 Å². The lowest BCUT2D eigenvalue weighted by atomic mass is 10.0. The Balaban J connectivity index is 1.60. The number of benzene rings is 2. The van der Waals surface area contributed by atoms with Crippen LogP contribution in [0.15, 0.2) is 48.5 Å². The van der Waals surface area contributed by atoms with Gasteiger partial charge in [-0.05, 0) is 23.6 Å². The zero-order chi connectivity index (χ0) is 21.3. The van der Waals surface area contributed by atoms with Crippen molar-refractivity contribution < 1.29 is 14.3 Å². The molecule has 6 nitrogen and oxygen atoms in total. The zero-order valence-corrected chi connectivity index (χ0v) is 17.8. The highest BCUT2D eigenvalue weighted by molar-refractivity contribution is 5.79. The fourth-order valence-corrected chi connectivity index (χ4v) is 3.63. The van der Waals surface area contributed by atoms with E-state index in [1.165, 1.54) is 12.5 Å². The summed E-state index contributed by atoms with van der Waals surface area (Å²) in [7, 11) is 0. The van der Waals surface area contributed by atoms with Crippen molar-refractivity contribution in [2.45, 2.75) is 39.4 Å². The van der Waals surface area contributed by atoms with Crippen molar-refractivity contribution >= 4 is 11.8 Å². The number of hydrogen-bond donors (Lipinski definition) is 2. The van der Waals surface area contributed by atoms with E-state index in [2.05, 4.69) is 27.7 Å². The third kappa shape index (κ3) is 6.68. The van der Waals surface area contributed by atoms with Crippen LogP contribution < -0.4 is 10.6 Å². The van der Waals surface area contributed by atoms with Gasteiger partial charge in [0.05, 0.1) is 25.7 Å². The van der Waals surface area contributed by atoms with Crippen LogP contribution in [-0.4, -0.2) is 43.0 Å². The number of aryl methyl sites for hydroxylation is 1. The van der Waals surface area contributed by atoms with E-state index in [-0.39, 0.29) is 24.3 Å². The molecule has 0 radical (unpaired) electrons. The normalized spacial score (nSPS) is 15.4. The Labute approximate surface area is 178 Å². The molecule has 2 N–H and O–H groups in total. The summed E-state index contributed by atoms with van der Waals surface area (Å²) in [4.78, 5) is 26.7. The standard InChI is InChI=1S/C24H31N3O3/c1-18-7-9-20(10-8-18)23(26-19(2)28)15-24(29)25-16-21-5-3-4-6-22(21)17-27-11-13-30-14-12-27/h3-10,23H,11-17H2,1-2H3,(H,25,29)(H,26,28). The van der Waals surface area contributed by atoms with Crippen LogP contribution in [0.5, 0.6) is 0 Å². The first-order valence-corrected chi connectivity index (χ1v) is 10.5. The second-order valence-electron chi connectivity index (χ2n) is 7.80. The van der Waals surface area contributed by atoms with Crippen LogP contribution in [-0.2, 0) is 27.4 Å². The summed E-state index contributed by atoms with van der Waals surface area (Å²) in [6.45, 7) is 8.20. The molecule has 1 fully saturated rings. The molecule has 1 atom stereocenters. The minimum atomic E-state index is -0.341. The molecular formula is C24H31N3O3. The van der Waals surface area contributed by atoms with Gasteiger partial charge in [-0.3, -0.25) is 14.5 Å². The molecule has 0 saturated carbocycles. The maximum absolute atomic E-state index is 12.7. The summed E-state index contributed by atoms with van der Waals surface area (Å²) in [6, 6.07) is 15.8. The molecule has 3 rings (SSSR count). The van der Waals surface area contributed by atoms with E-state index in [4.69, 9.17) is 4.74 Å². The molecule has 30 heavy (non-hydrogen) atoms. The van der Waals surface area contributed by atoms with E-state index in [1.54, 1.807) is 0 Å². The first kappa shape index (κ1) is 22.0. The molecule has 1 aliphatic heterocycles. The molecule has 0 aromatic heterocycles. The van der Waals surface area contributed by atoms with Crippen molar-refractivity contribution in [2.75, 3.05) is 26.3 Å². The van der Waals surface area contributed by atoms with Crippen molar-refractivity contribution in [3.05, 3.63) is 70.8 Å². The van der Waals surface area contributed by atoms with E-state index in [0.29, 0.717) is 6.54 Å². The Morgan fingerprint density at radius 2 is 1.70 bits per heavy atom. The second-order valence-corrected chi connectivity index (χ2v) is 7.80. The van der Waals surface area contributed by atoms with Gasteiger partial charge in [-0.25, -0.2) is 0 Å². The molecule has 160 valence electrons. The third-order valence-corrected chi connectivity index (χ3v) is 5.34. The molecule has 1 aliphatic rings. The largest absolute Gasteiger partial charge is 0.379 e. The third-order valence-electron chi connectivity index (χ3n) is 5.34. The van der Waals surface area contributed by atoms with Crippen LogP contribution in [0.2, 0.25) is 0 Å². The van der Waals surface area contributed by atoms with Crippen molar-refractivity contribution in [3.63, 3.8) is 0 Å². The van der Waals surface area contributed by atoms with Gasteiger partial charge in [0.1, 0.15) is 0 Å². The number of amides is 2. The lowest BCUT2D eigenvalue weighted by molar-refractivity contribution is -0.122. The van der Waals surface area contributed by atoms with Gasteiger partial charge >= 0.3 is 0 Å². The van der Waals surface area contributed by atoms with Crippen molar-refractivity contribution in [1.82, 2.24) is 15.5 Å². The van der Waals surface area contributed by atoms with Gasteiger partial charge in [0, 0.05) is 33.1 Å². The highest BCUT2D eigenvalue weighted by Crippen LogP contribution is 2.18. The Morgan fingerprint density at radius 1 is 1.03 bits per heavy atom. The van der Waals surface area contributed by atoms with Gasteiger partial charge in [-0.15, -0.1) is 0 Å². The van der Waals surface area contributed by atoms with Gasteiger partial charge < -0.3 is 15.4 Å². The van der Waals surface area contributed by atoms with Crippen LogP contribution in [0.4, 0.5) is 0 Å². The molecule has 1 unspecified atom stereocenters. The number of rotatable bonds is 8. The molecule has 1 heterocycles. The molecule has 1 saturated heterocycles. The minimum Gasteiger partial charge on any atom is -0.379 e. The minimum absolute atomic E-state index is 0.0875. The van der Waals surface area contributed by atoms with Crippen LogP contribution in [0, 0.1) is 6.92 Å². The van der Waals surface area contributed by atoms with E-state index in [0.717, 1.165) is 49.5 Å². The highest BCUT2D eigenvalue weighted by atomic mass is 16.5. The summed E-state index contributed by atoms with van der Waals surface area (Å²) in [5.41, 5.74) is 4.40. The number of carbonyl (C=O) groups is 2. The van der Waals surface area contributed by atoms with E-state index in [1.807, 2.05) is 43.3 Å². The molecule has 0 bridgehead atoms. The van der Waals surface area contributed by atoms with Crippen LogP contribution in [0.3, 0.4) is 0 Å².